The Kier molecular flexibility index (Phi) is 8.00. The zero-order valence-electron chi connectivity index (χ0n) is 22.7. The van der Waals surface area contributed by atoms with Gasteiger partial charge in [0.25, 0.3) is 0 Å². The number of benzene rings is 4. The van der Waals surface area contributed by atoms with E-state index in [0.29, 0.717) is 29.4 Å². The molecule has 1 saturated heterocycles. The minimum Gasteiger partial charge on any atom is -0.484 e. The van der Waals surface area contributed by atoms with Gasteiger partial charge in [0.05, 0.1) is 36.2 Å². The molecule has 0 saturated carbocycles. The van der Waals surface area contributed by atoms with E-state index in [9.17, 15) is 10.1 Å². The third kappa shape index (κ3) is 5.91. The Balaban J connectivity index is 1.33. The number of carbonyl (C=O) groups is 1. The van der Waals surface area contributed by atoms with Crippen LogP contribution in [0.15, 0.2) is 116 Å². The van der Waals surface area contributed by atoms with Crippen molar-refractivity contribution in [3.63, 3.8) is 0 Å². The van der Waals surface area contributed by atoms with Crippen molar-refractivity contribution in [2.45, 2.75) is 12.1 Å². The van der Waals surface area contributed by atoms with Gasteiger partial charge >= 0.3 is 0 Å². The predicted octanol–water partition coefficient (Wildman–Crippen LogP) is 6.81. The second kappa shape index (κ2) is 12.3. The highest BCUT2D eigenvalue weighted by atomic mass is 35.5. The lowest BCUT2D eigenvalue weighted by molar-refractivity contribution is -0.122. The summed E-state index contributed by atoms with van der Waals surface area (Å²) in [6, 6.07) is 34.8. The first-order valence-corrected chi connectivity index (χ1v) is 14.1. The summed E-state index contributed by atoms with van der Waals surface area (Å²) >= 11 is 6.21. The Morgan fingerprint density at radius 2 is 1.67 bits per heavy atom. The SMILES string of the molecule is N#Cc1ccc(C(Oc2ccc(-c3ccccc3)cc2)C(c2cnc[nH]2)N2CCN(c3cccc(Cl)c3)C(=O)C2)cc1. The molecule has 1 aliphatic heterocycles. The Morgan fingerprint density at radius 3 is 2.33 bits per heavy atom. The molecule has 4 aromatic carbocycles. The van der Waals surface area contributed by atoms with Crippen LogP contribution in [0.25, 0.3) is 11.1 Å². The number of aromatic amines is 1. The molecule has 1 N–H and O–H groups in total. The Labute approximate surface area is 249 Å². The van der Waals surface area contributed by atoms with Crippen molar-refractivity contribution in [1.29, 1.82) is 5.26 Å². The standard InChI is InChI=1S/C34H28ClN5O2/c35-28-7-4-8-29(19-28)40-18-17-39(22-32(40)41)33(31-21-37-23-38-31)34(27-11-9-24(20-36)10-12-27)42-30-15-13-26(14-16-30)25-5-2-1-3-6-25/h1-16,19,21,23,33-34H,17-18,22H2,(H,37,38). The van der Waals surface area contributed by atoms with E-state index >= 15 is 0 Å². The summed E-state index contributed by atoms with van der Waals surface area (Å²) in [5.74, 6) is 0.663. The Bertz CT molecular complexity index is 1680. The van der Waals surface area contributed by atoms with Crippen LogP contribution in [0.3, 0.4) is 0 Å². The first-order valence-electron chi connectivity index (χ1n) is 13.7. The number of hydrogen-bond acceptors (Lipinski definition) is 5. The molecule has 8 heteroatoms. The summed E-state index contributed by atoms with van der Waals surface area (Å²) in [7, 11) is 0. The quantitative estimate of drug-likeness (QED) is 0.220. The lowest BCUT2D eigenvalue weighted by Gasteiger charge is -2.41. The summed E-state index contributed by atoms with van der Waals surface area (Å²) < 4.78 is 6.75. The number of piperazine rings is 1. The molecule has 1 fully saturated rings. The molecule has 0 radical (unpaired) electrons. The normalized spacial score (nSPS) is 15.1. The van der Waals surface area contributed by atoms with Crippen molar-refractivity contribution in [3.05, 3.63) is 137 Å². The molecule has 6 rings (SSSR count). The molecule has 2 atom stereocenters. The molecule has 5 aromatic rings. The smallest absolute Gasteiger partial charge is 0.241 e. The molecule has 1 amide bonds. The molecule has 0 bridgehead atoms. The number of ether oxygens (including phenoxy) is 1. The lowest BCUT2D eigenvalue weighted by Crippen LogP contribution is -2.52. The third-order valence-corrected chi connectivity index (χ3v) is 7.72. The average Bonchev–Trinajstić information content (AvgIpc) is 3.56. The van der Waals surface area contributed by atoms with Crippen LogP contribution in [0.5, 0.6) is 5.75 Å². The molecule has 0 aliphatic carbocycles. The minimum absolute atomic E-state index is 0.0289. The fourth-order valence-corrected chi connectivity index (χ4v) is 5.58. The van der Waals surface area contributed by atoms with Crippen LogP contribution in [0.1, 0.15) is 29.0 Å². The Morgan fingerprint density at radius 1 is 0.905 bits per heavy atom. The number of imidazole rings is 1. The van der Waals surface area contributed by atoms with Gasteiger partial charge in [0, 0.05) is 30.0 Å². The van der Waals surface area contributed by atoms with Crippen LogP contribution < -0.4 is 9.64 Å². The highest BCUT2D eigenvalue weighted by Gasteiger charge is 2.38. The number of amides is 1. The number of aromatic nitrogens is 2. The summed E-state index contributed by atoms with van der Waals surface area (Å²) in [6.07, 6.45) is 2.90. The second-order valence-corrected chi connectivity index (χ2v) is 10.5. The van der Waals surface area contributed by atoms with Crippen molar-refractivity contribution in [1.82, 2.24) is 14.9 Å². The van der Waals surface area contributed by atoms with E-state index in [0.717, 1.165) is 28.1 Å². The molecule has 1 aromatic heterocycles. The molecular weight excluding hydrogens is 546 g/mol. The number of rotatable bonds is 8. The maximum atomic E-state index is 13.5. The molecule has 7 nitrogen and oxygen atoms in total. The molecular formula is C34H28ClN5O2. The fraction of sp³-hybridized carbons (Fsp3) is 0.147. The van der Waals surface area contributed by atoms with E-state index in [1.807, 2.05) is 72.8 Å². The number of halogens is 1. The minimum atomic E-state index is -0.508. The van der Waals surface area contributed by atoms with Gasteiger partial charge in [0.1, 0.15) is 11.9 Å². The van der Waals surface area contributed by atoms with Gasteiger partial charge < -0.3 is 14.6 Å². The summed E-state index contributed by atoms with van der Waals surface area (Å²) in [6.45, 7) is 1.28. The van der Waals surface area contributed by atoms with Crippen molar-refractivity contribution in [2.24, 2.45) is 0 Å². The number of nitriles is 1. The van der Waals surface area contributed by atoms with Gasteiger partial charge in [-0.3, -0.25) is 9.69 Å². The van der Waals surface area contributed by atoms with Gasteiger partial charge in [0.2, 0.25) is 5.91 Å². The largest absolute Gasteiger partial charge is 0.484 e. The van der Waals surface area contributed by atoms with Gasteiger partial charge in [-0.25, -0.2) is 4.98 Å². The van der Waals surface area contributed by atoms with Crippen LogP contribution in [0.2, 0.25) is 5.02 Å². The van der Waals surface area contributed by atoms with Gasteiger partial charge in [-0.2, -0.15) is 5.26 Å². The number of nitrogens with zero attached hydrogens (tertiary/aromatic N) is 4. The van der Waals surface area contributed by atoms with Crippen molar-refractivity contribution >= 4 is 23.2 Å². The van der Waals surface area contributed by atoms with Crippen molar-refractivity contribution < 1.29 is 9.53 Å². The number of carbonyl (C=O) groups excluding carboxylic acids is 1. The van der Waals surface area contributed by atoms with Crippen LogP contribution in [0.4, 0.5) is 5.69 Å². The molecule has 208 valence electrons. The maximum Gasteiger partial charge on any atom is 0.241 e. The zero-order chi connectivity index (χ0) is 28.9. The highest BCUT2D eigenvalue weighted by molar-refractivity contribution is 6.30. The predicted molar refractivity (Wildman–Crippen MR) is 163 cm³/mol. The molecule has 0 spiro atoms. The van der Waals surface area contributed by atoms with Crippen LogP contribution in [-0.4, -0.2) is 40.4 Å². The van der Waals surface area contributed by atoms with E-state index < -0.39 is 6.10 Å². The fourth-order valence-electron chi connectivity index (χ4n) is 5.39. The van der Waals surface area contributed by atoms with Gasteiger partial charge in [0.15, 0.2) is 0 Å². The maximum absolute atomic E-state index is 13.5. The molecule has 1 aliphatic rings. The number of nitrogens with one attached hydrogen (secondary N) is 1. The molecule has 2 heterocycles. The number of hydrogen-bond donors (Lipinski definition) is 1. The van der Waals surface area contributed by atoms with Gasteiger partial charge in [-0.05, 0) is 59.2 Å². The first kappa shape index (κ1) is 27.3. The average molecular weight is 574 g/mol. The van der Waals surface area contributed by atoms with Crippen LogP contribution in [0, 0.1) is 11.3 Å². The van der Waals surface area contributed by atoms with E-state index in [2.05, 4.69) is 33.1 Å². The van der Waals surface area contributed by atoms with Crippen LogP contribution in [-0.2, 0) is 4.79 Å². The van der Waals surface area contributed by atoms with E-state index in [1.54, 1.807) is 35.6 Å². The lowest BCUT2D eigenvalue weighted by atomic mass is 9.96. The summed E-state index contributed by atoms with van der Waals surface area (Å²) in [5.41, 5.74) is 5.27. The Hall–Kier alpha value is -4.90. The highest BCUT2D eigenvalue weighted by Crippen LogP contribution is 2.39. The third-order valence-electron chi connectivity index (χ3n) is 7.48. The van der Waals surface area contributed by atoms with Crippen LogP contribution >= 0.6 is 11.6 Å². The molecule has 2 unspecified atom stereocenters. The van der Waals surface area contributed by atoms with E-state index in [1.165, 1.54) is 0 Å². The van der Waals surface area contributed by atoms with Gasteiger partial charge in [-0.15, -0.1) is 0 Å². The monoisotopic (exact) mass is 573 g/mol. The summed E-state index contributed by atoms with van der Waals surface area (Å²) in [4.78, 5) is 25.0. The van der Waals surface area contributed by atoms with Crippen molar-refractivity contribution in [2.75, 3.05) is 24.5 Å². The van der Waals surface area contributed by atoms with Gasteiger partial charge in [-0.1, -0.05) is 72.3 Å². The van der Waals surface area contributed by atoms with E-state index in [4.69, 9.17) is 16.3 Å². The topological polar surface area (TPSA) is 85.2 Å². The van der Waals surface area contributed by atoms with E-state index in [-0.39, 0.29) is 18.5 Å². The summed E-state index contributed by atoms with van der Waals surface area (Å²) in [5, 5.41) is 9.99. The number of H-pyrrole nitrogens is 1. The van der Waals surface area contributed by atoms with Crippen molar-refractivity contribution in [3.8, 4) is 22.9 Å². The second-order valence-electron chi connectivity index (χ2n) is 10.1. The zero-order valence-corrected chi connectivity index (χ0v) is 23.5. The first-order chi connectivity index (χ1) is 20.6. The molecule has 42 heavy (non-hydrogen) atoms. The number of anilines is 1.